The number of aromatic nitrogens is 3. The third-order valence-electron chi connectivity index (χ3n) is 6.79. The lowest BCUT2D eigenvalue weighted by molar-refractivity contribution is -0.192. The van der Waals surface area contributed by atoms with Crippen molar-refractivity contribution in [3.05, 3.63) is 5.82 Å². The number of hydrogen-bond donors (Lipinski definition) is 1. The smallest absolute Gasteiger partial charge is 0.475 e. The highest BCUT2D eigenvalue weighted by Gasteiger charge is 2.38. The minimum absolute atomic E-state index is 0.0326. The van der Waals surface area contributed by atoms with Gasteiger partial charge in [-0.1, -0.05) is 0 Å². The van der Waals surface area contributed by atoms with E-state index in [4.69, 9.17) is 34.3 Å². The van der Waals surface area contributed by atoms with Crippen LogP contribution in [0, 0.1) is 5.92 Å². The van der Waals surface area contributed by atoms with Crippen molar-refractivity contribution in [2.45, 2.75) is 57.7 Å². The van der Waals surface area contributed by atoms with Crippen LogP contribution in [0.25, 0.3) is 0 Å². The van der Waals surface area contributed by atoms with Gasteiger partial charge >= 0.3 is 12.1 Å². The van der Waals surface area contributed by atoms with E-state index in [9.17, 15) is 18.0 Å². The number of amides is 1. The van der Waals surface area contributed by atoms with Crippen molar-refractivity contribution in [1.29, 1.82) is 0 Å². The van der Waals surface area contributed by atoms with Gasteiger partial charge in [0, 0.05) is 58.2 Å². The lowest BCUT2D eigenvalue weighted by Crippen LogP contribution is -2.46. The molecular formula is C24H37F3N6O5. The second-order valence-electron chi connectivity index (χ2n) is 9.54. The van der Waals surface area contributed by atoms with Crippen LogP contribution < -0.4 is 9.80 Å². The van der Waals surface area contributed by atoms with Gasteiger partial charge in [0.15, 0.2) is 0 Å². The number of carbonyl (C=O) groups excluding carboxylic acids is 1. The molecule has 3 aliphatic rings. The molecule has 1 aromatic heterocycles. The Hall–Kier alpha value is -2.74. The van der Waals surface area contributed by atoms with Crippen LogP contribution in [-0.2, 0) is 19.1 Å². The average molecular weight is 547 g/mol. The molecule has 3 heterocycles. The number of carboxylic acids is 1. The molecule has 0 aromatic carbocycles. The Morgan fingerprint density at radius 1 is 1.03 bits per heavy atom. The summed E-state index contributed by atoms with van der Waals surface area (Å²) < 4.78 is 42.8. The van der Waals surface area contributed by atoms with E-state index in [0.717, 1.165) is 82.7 Å². The molecule has 0 radical (unpaired) electrons. The molecule has 0 spiro atoms. The van der Waals surface area contributed by atoms with E-state index >= 15 is 0 Å². The summed E-state index contributed by atoms with van der Waals surface area (Å²) in [6, 6.07) is 0. The minimum atomic E-state index is -5.08. The average Bonchev–Trinajstić information content (AvgIpc) is 3.75. The molecule has 0 bridgehead atoms. The number of anilines is 2. The lowest BCUT2D eigenvalue weighted by Gasteiger charge is -2.35. The number of hydrogen-bond acceptors (Lipinski definition) is 9. The van der Waals surface area contributed by atoms with E-state index in [0.29, 0.717) is 19.1 Å². The highest BCUT2D eigenvalue weighted by molar-refractivity contribution is 5.79. The standard InChI is InChI=1S/C22H36N6O3.C2HF3O2/c1-4-26(5-2)20(29)17-8-10-27(11-9-17)21-23-19(16-6-7-16)24-22(25-21)28-12-13-31-18(14-28)15-30-3;3-2(4,5)1(6)7/h16-18H,4-15H2,1-3H3;(H,6,7)/t18-;/m0./s1. The Kier molecular flexibility index (Phi) is 10.5. The number of methoxy groups -OCH3 is 1. The molecule has 1 saturated carbocycles. The van der Waals surface area contributed by atoms with Crippen LogP contribution in [0.1, 0.15) is 51.3 Å². The van der Waals surface area contributed by atoms with Crippen molar-refractivity contribution in [2.24, 2.45) is 5.92 Å². The quantitative estimate of drug-likeness (QED) is 0.520. The zero-order valence-corrected chi connectivity index (χ0v) is 22.1. The molecule has 1 N–H and O–H groups in total. The number of morpholine rings is 1. The Bertz CT molecular complexity index is 935. The fourth-order valence-corrected chi connectivity index (χ4v) is 4.48. The maximum Gasteiger partial charge on any atom is 0.490 e. The molecule has 4 rings (SSSR count). The maximum atomic E-state index is 12.7. The zero-order valence-electron chi connectivity index (χ0n) is 22.1. The number of carboxylic acid groups (broad SMARTS) is 1. The number of alkyl halides is 3. The maximum absolute atomic E-state index is 12.7. The third kappa shape index (κ3) is 8.13. The van der Waals surface area contributed by atoms with Crippen LogP contribution in [0.3, 0.4) is 0 Å². The van der Waals surface area contributed by atoms with Crippen molar-refractivity contribution in [2.75, 3.05) is 69.4 Å². The van der Waals surface area contributed by atoms with Gasteiger partial charge < -0.3 is 29.3 Å². The number of carbonyl (C=O) groups is 2. The highest BCUT2D eigenvalue weighted by atomic mass is 19.4. The van der Waals surface area contributed by atoms with E-state index in [-0.39, 0.29) is 17.9 Å². The summed E-state index contributed by atoms with van der Waals surface area (Å²) in [5, 5.41) is 7.12. The van der Waals surface area contributed by atoms with Gasteiger partial charge in [0.1, 0.15) is 5.82 Å². The Balaban J connectivity index is 0.000000505. The second-order valence-corrected chi connectivity index (χ2v) is 9.54. The predicted molar refractivity (Wildman–Crippen MR) is 132 cm³/mol. The van der Waals surface area contributed by atoms with Gasteiger partial charge in [0.2, 0.25) is 17.8 Å². The van der Waals surface area contributed by atoms with Crippen molar-refractivity contribution >= 4 is 23.8 Å². The molecule has 1 aromatic rings. The Morgan fingerprint density at radius 2 is 1.61 bits per heavy atom. The van der Waals surface area contributed by atoms with Crippen molar-refractivity contribution in [3.63, 3.8) is 0 Å². The van der Waals surface area contributed by atoms with E-state index in [2.05, 4.69) is 9.80 Å². The second kappa shape index (κ2) is 13.4. The molecule has 2 saturated heterocycles. The van der Waals surface area contributed by atoms with E-state index < -0.39 is 12.1 Å². The van der Waals surface area contributed by atoms with Crippen molar-refractivity contribution < 1.29 is 37.3 Å². The van der Waals surface area contributed by atoms with Gasteiger partial charge in [-0.2, -0.15) is 28.1 Å². The lowest BCUT2D eigenvalue weighted by atomic mass is 9.95. The number of halogens is 3. The van der Waals surface area contributed by atoms with E-state index in [1.807, 2.05) is 18.7 Å². The fourth-order valence-electron chi connectivity index (χ4n) is 4.48. The van der Waals surface area contributed by atoms with Crippen LogP contribution in [0.5, 0.6) is 0 Å². The normalized spacial score (nSPS) is 20.5. The monoisotopic (exact) mass is 546 g/mol. The molecule has 3 fully saturated rings. The minimum Gasteiger partial charge on any atom is -0.475 e. The van der Waals surface area contributed by atoms with Crippen LogP contribution in [0.2, 0.25) is 0 Å². The summed E-state index contributed by atoms with van der Waals surface area (Å²) in [4.78, 5) is 42.5. The Morgan fingerprint density at radius 3 is 2.11 bits per heavy atom. The molecule has 214 valence electrons. The summed E-state index contributed by atoms with van der Waals surface area (Å²) in [7, 11) is 1.70. The number of ether oxygens (including phenoxy) is 2. The number of rotatable bonds is 8. The van der Waals surface area contributed by atoms with Crippen LogP contribution >= 0.6 is 0 Å². The van der Waals surface area contributed by atoms with E-state index in [1.54, 1.807) is 7.11 Å². The molecule has 1 amide bonds. The van der Waals surface area contributed by atoms with Crippen LogP contribution in [0.15, 0.2) is 0 Å². The van der Waals surface area contributed by atoms with Crippen molar-refractivity contribution in [3.8, 4) is 0 Å². The largest absolute Gasteiger partial charge is 0.490 e. The number of piperidine rings is 1. The fraction of sp³-hybridized carbons (Fsp3) is 0.792. The van der Waals surface area contributed by atoms with E-state index in [1.165, 1.54) is 0 Å². The number of aliphatic carboxylic acids is 1. The zero-order chi connectivity index (χ0) is 27.9. The topological polar surface area (TPSA) is 121 Å². The first-order valence-corrected chi connectivity index (χ1v) is 13.0. The first-order valence-electron chi connectivity index (χ1n) is 13.0. The number of nitrogens with zero attached hydrogens (tertiary/aromatic N) is 6. The molecule has 38 heavy (non-hydrogen) atoms. The summed E-state index contributed by atoms with van der Waals surface area (Å²) in [5.41, 5.74) is 0. The third-order valence-corrected chi connectivity index (χ3v) is 6.79. The highest BCUT2D eigenvalue weighted by Crippen LogP contribution is 2.39. The molecular weight excluding hydrogens is 509 g/mol. The van der Waals surface area contributed by atoms with Gasteiger partial charge in [0.05, 0.1) is 19.3 Å². The predicted octanol–water partition coefficient (Wildman–Crippen LogP) is 2.32. The van der Waals surface area contributed by atoms with Gasteiger partial charge in [-0.05, 0) is 39.5 Å². The van der Waals surface area contributed by atoms with Gasteiger partial charge in [-0.15, -0.1) is 0 Å². The molecule has 1 atom stereocenters. The van der Waals surface area contributed by atoms with Crippen molar-refractivity contribution in [1.82, 2.24) is 19.9 Å². The molecule has 14 heteroatoms. The summed E-state index contributed by atoms with van der Waals surface area (Å²) in [5.74, 6) is 0.515. The van der Waals surface area contributed by atoms with Crippen LogP contribution in [-0.4, -0.2) is 109 Å². The molecule has 1 aliphatic carbocycles. The van der Waals surface area contributed by atoms with Gasteiger partial charge in [-0.3, -0.25) is 4.79 Å². The first kappa shape index (κ1) is 29.8. The summed E-state index contributed by atoms with van der Waals surface area (Å²) >= 11 is 0. The van der Waals surface area contributed by atoms with Crippen LogP contribution in [0.4, 0.5) is 25.1 Å². The molecule has 2 aliphatic heterocycles. The summed E-state index contributed by atoms with van der Waals surface area (Å²) in [6.45, 7) is 9.97. The first-order chi connectivity index (χ1) is 18.1. The van der Waals surface area contributed by atoms with Gasteiger partial charge in [0.25, 0.3) is 0 Å². The summed E-state index contributed by atoms with van der Waals surface area (Å²) in [6.07, 6.45) is -1.05. The van der Waals surface area contributed by atoms with Gasteiger partial charge in [-0.25, -0.2) is 4.79 Å². The molecule has 11 nitrogen and oxygen atoms in total. The Labute approximate surface area is 220 Å². The molecule has 0 unspecified atom stereocenters. The SMILES string of the molecule is CCN(CC)C(=O)C1CCN(c2nc(C3CC3)nc(N3CCO[C@H](COC)C3)n2)CC1.O=C(O)C(F)(F)F.